The summed E-state index contributed by atoms with van der Waals surface area (Å²) in [5, 5.41) is 0. The number of phosphoric ester groups is 1. The lowest BCUT2D eigenvalue weighted by molar-refractivity contribution is -0.870. The lowest BCUT2D eigenvalue weighted by atomic mass is 10.0. The van der Waals surface area contributed by atoms with Gasteiger partial charge in [-0.1, -0.05) is 332 Å². The maximum absolute atomic E-state index is 12.9. The molecule has 0 amide bonds. The zero-order chi connectivity index (χ0) is 62.6. The molecule has 0 saturated carbocycles. The average Bonchev–Trinajstić information content (AvgIpc) is 3.56. The van der Waals surface area contributed by atoms with Crippen molar-refractivity contribution in [3.63, 3.8) is 0 Å². The SMILES string of the molecule is CCCCCCC/C=C\C/C=C\C/C=C\CCCCCCCCCCCCCCCCCCC(=O)OC(COC(=O)CCCCCCCCCCCCCCCCCCCCC/C=C\CCCCCCCCCC)COP(=O)([O-])OCC[N+](C)(C)C. The first-order valence-electron chi connectivity index (χ1n) is 37.3. The van der Waals surface area contributed by atoms with E-state index >= 15 is 0 Å². The summed E-state index contributed by atoms with van der Waals surface area (Å²) in [6.45, 7) is 4.29. The smallest absolute Gasteiger partial charge is 0.306 e. The first-order chi connectivity index (χ1) is 42.0. The fraction of sp³-hybridized carbons (Fsp3) is 0.868. The minimum Gasteiger partial charge on any atom is -0.756 e. The van der Waals surface area contributed by atoms with E-state index in [-0.39, 0.29) is 32.0 Å². The van der Waals surface area contributed by atoms with E-state index in [2.05, 4.69) is 62.5 Å². The predicted octanol–water partition coefficient (Wildman–Crippen LogP) is 23.8. The fourth-order valence-corrected chi connectivity index (χ4v) is 11.8. The number of allylic oxidation sites excluding steroid dienone is 8. The molecule has 0 rings (SSSR count). The van der Waals surface area contributed by atoms with Crippen LogP contribution in [0.25, 0.3) is 0 Å². The van der Waals surface area contributed by atoms with Gasteiger partial charge in [0.05, 0.1) is 27.7 Å². The standard InChI is InChI=1S/C76H144NO8P/c1-6-8-10-12-14-16-18-20-22-24-26-28-30-32-34-36-38-40-42-44-46-48-50-52-54-56-58-60-62-64-66-68-75(78)82-72-74(73-84-86(80,81)83-71-70-77(3,4)5)85-76(79)69-67-65-63-61-59-57-55-53-51-49-47-45-43-41-39-37-35-33-31-29-27-25-23-21-19-17-15-13-11-9-7-2/h19,21,24-27,31,33,74H,6-18,20,22-23,28-30,32,34-73H2,1-5H3/b21-19-,26-24-,27-25-,33-31-. The van der Waals surface area contributed by atoms with Gasteiger partial charge in [-0.15, -0.1) is 0 Å². The van der Waals surface area contributed by atoms with E-state index in [0.717, 1.165) is 51.4 Å². The number of rotatable bonds is 70. The van der Waals surface area contributed by atoms with E-state index in [1.165, 1.54) is 289 Å². The molecule has 2 atom stereocenters. The number of likely N-dealkylation sites (N-methyl/N-ethyl adjacent to an activating group) is 1. The minimum atomic E-state index is -4.64. The van der Waals surface area contributed by atoms with Crippen LogP contribution in [0.5, 0.6) is 0 Å². The number of carbonyl (C=O) groups excluding carboxylic acids is 2. The highest BCUT2D eigenvalue weighted by Gasteiger charge is 2.22. The van der Waals surface area contributed by atoms with Crippen LogP contribution in [-0.2, 0) is 32.7 Å². The summed E-state index contributed by atoms with van der Waals surface area (Å²) < 4.78 is 34.4. The number of unbranched alkanes of at least 4 members (excludes halogenated alkanes) is 48. The van der Waals surface area contributed by atoms with Gasteiger partial charge in [0.1, 0.15) is 19.8 Å². The molecule has 0 fully saturated rings. The first kappa shape index (κ1) is 84.0. The second kappa shape index (κ2) is 67.4. The summed E-state index contributed by atoms with van der Waals surface area (Å²) in [6.07, 6.45) is 87.8. The zero-order valence-corrected chi connectivity index (χ0v) is 58.7. The van der Waals surface area contributed by atoms with Gasteiger partial charge in [-0.25, -0.2) is 0 Å². The fourth-order valence-electron chi connectivity index (χ4n) is 11.1. The average molecular weight is 1230 g/mol. The second-order valence-electron chi connectivity index (χ2n) is 26.7. The Hall–Kier alpha value is -2.03. The van der Waals surface area contributed by atoms with Gasteiger partial charge in [-0.3, -0.25) is 14.2 Å². The third-order valence-corrected chi connectivity index (χ3v) is 17.8. The topological polar surface area (TPSA) is 111 Å². The molecule has 0 aliphatic carbocycles. The van der Waals surface area contributed by atoms with Crippen molar-refractivity contribution in [2.45, 2.75) is 380 Å². The van der Waals surface area contributed by atoms with Crippen LogP contribution >= 0.6 is 7.82 Å². The van der Waals surface area contributed by atoms with Crippen LogP contribution in [0, 0.1) is 0 Å². The molecule has 9 nitrogen and oxygen atoms in total. The highest BCUT2D eigenvalue weighted by molar-refractivity contribution is 7.45. The van der Waals surface area contributed by atoms with Gasteiger partial charge in [0, 0.05) is 12.8 Å². The van der Waals surface area contributed by atoms with Crippen LogP contribution in [0.4, 0.5) is 0 Å². The number of ether oxygens (including phenoxy) is 2. The summed E-state index contributed by atoms with van der Waals surface area (Å²) in [5.41, 5.74) is 0. The van der Waals surface area contributed by atoms with Crippen molar-refractivity contribution in [1.29, 1.82) is 0 Å². The van der Waals surface area contributed by atoms with Crippen LogP contribution in [0.15, 0.2) is 48.6 Å². The highest BCUT2D eigenvalue weighted by atomic mass is 31.2. The van der Waals surface area contributed by atoms with Crippen molar-refractivity contribution in [2.75, 3.05) is 47.5 Å². The van der Waals surface area contributed by atoms with Gasteiger partial charge >= 0.3 is 11.9 Å². The largest absolute Gasteiger partial charge is 0.756 e. The Bertz CT molecular complexity index is 1590. The van der Waals surface area contributed by atoms with Crippen LogP contribution in [0.2, 0.25) is 0 Å². The van der Waals surface area contributed by atoms with Crippen molar-refractivity contribution in [3.8, 4) is 0 Å². The van der Waals surface area contributed by atoms with Gasteiger partial charge in [-0.2, -0.15) is 0 Å². The maximum Gasteiger partial charge on any atom is 0.306 e. The molecule has 86 heavy (non-hydrogen) atoms. The number of esters is 2. The molecule has 0 aliphatic rings. The molecule has 0 N–H and O–H groups in total. The van der Waals surface area contributed by atoms with E-state index in [1.54, 1.807) is 0 Å². The Morgan fingerprint density at radius 2 is 0.628 bits per heavy atom. The van der Waals surface area contributed by atoms with E-state index in [1.807, 2.05) is 21.1 Å². The van der Waals surface area contributed by atoms with Crippen molar-refractivity contribution >= 4 is 19.8 Å². The predicted molar refractivity (Wildman–Crippen MR) is 370 cm³/mol. The van der Waals surface area contributed by atoms with E-state index in [0.29, 0.717) is 17.4 Å². The molecule has 0 heterocycles. The third kappa shape index (κ3) is 71.1. The summed E-state index contributed by atoms with van der Waals surface area (Å²) in [6, 6.07) is 0. The Morgan fingerprint density at radius 1 is 0.360 bits per heavy atom. The Kier molecular flexibility index (Phi) is 65.8. The van der Waals surface area contributed by atoms with Gasteiger partial charge < -0.3 is 27.9 Å². The second-order valence-corrected chi connectivity index (χ2v) is 28.1. The van der Waals surface area contributed by atoms with Gasteiger partial charge in [0.15, 0.2) is 6.10 Å². The Morgan fingerprint density at radius 3 is 0.942 bits per heavy atom. The molecular formula is C76H144NO8P. The van der Waals surface area contributed by atoms with Crippen molar-refractivity contribution in [2.24, 2.45) is 0 Å². The minimum absolute atomic E-state index is 0.0290. The molecule has 0 aromatic carbocycles. The molecule has 0 bridgehead atoms. The molecule has 0 radical (unpaired) electrons. The van der Waals surface area contributed by atoms with Crippen molar-refractivity contribution < 1.29 is 42.1 Å². The van der Waals surface area contributed by atoms with E-state index in [9.17, 15) is 19.0 Å². The molecule has 0 saturated heterocycles. The number of quaternary nitrogens is 1. The van der Waals surface area contributed by atoms with E-state index in [4.69, 9.17) is 18.5 Å². The Labute approximate surface area is 534 Å². The zero-order valence-electron chi connectivity index (χ0n) is 57.8. The number of hydrogen-bond acceptors (Lipinski definition) is 8. The van der Waals surface area contributed by atoms with Gasteiger partial charge in [-0.05, 0) is 77.0 Å². The lowest BCUT2D eigenvalue weighted by Gasteiger charge is -2.28. The van der Waals surface area contributed by atoms with Crippen molar-refractivity contribution in [1.82, 2.24) is 0 Å². The van der Waals surface area contributed by atoms with E-state index < -0.39 is 26.5 Å². The number of nitrogens with zero attached hydrogens (tertiary/aromatic N) is 1. The monoisotopic (exact) mass is 1230 g/mol. The van der Waals surface area contributed by atoms with Crippen LogP contribution < -0.4 is 4.89 Å². The molecule has 0 aromatic heterocycles. The van der Waals surface area contributed by atoms with Crippen LogP contribution in [0.1, 0.15) is 373 Å². The molecular weight excluding hydrogens is 1090 g/mol. The van der Waals surface area contributed by atoms with Gasteiger partial charge in [0.25, 0.3) is 7.82 Å². The lowest BCUT2D eigenvalue weighted by Crippen LogP contribution is -2.37. The van der Waals surface area contributed by atoms with Gasteiger partial charge in [0.2, 0.25) is 0 Å². The maximum atomic E-state index is 12.9. The Balaban J connectivity index is 3.97. The van der Waals surface area contributed by atoms with Crippen LogP contribution in [-0.4, -0.2) is 70.0 Å². The molecule has 506 valence electrons. The summed E-state index contributed by atoms with van der Waals surface area (Å²) in [4.78, 5) is 38.1. The van der Waals surface area contributed by atoms with Crippen molar-refractivity contribution in [3.05, 3.63) is 48.6 Å². The quantitative estimate of drug-likeness (QED) is 0.0195. The molecule has 2 unspecified atom stereocenters. The number of phosphoric acid groups is 1. The first-order valence-corrected chi connectivity index (χ1v) is 38.8. The van der Waals surface area contributed by atoms with Crippen LogP contribution in [0.3, 0.4) is 0 Å². The summed E-state index contributed by atoms with van der Waals surface area (Å²) in [5.74, 6) is -0.813. The highest BCUT2D eigenvalue weighted by Crippen LogP contribution is 2.38. The third-order valence-electron chi connectivity index (χ3n) is 16.8. The summed E-state index contributed by atoms with van der Waals surface area (Å²) >= 11 is 0. The molecule has 0 spiro atoms. The summed E-state index contributed by atoms with van der Waals surface area (Å²) in [7, 11) is 1.18. The molecule has 0 aromatic rings. The number of carbonyl (C=O) groups is 2. The molecule has 10 heteroatoms. The molecule has 0 aliphatic heterocycles. The number of hydrogen-bond donors (Lipinski definition) is 0. The normalized spacial score (nSPS) is 13.3.